The Balaban J connectivity index is 1.89. The molecule has 0 atom stereocenters. The lowest BCUT2D eigenvalue weighted by Gasteiger charge is -2.36. The third-order valence-electron chi connectivity index (χ3n) is 3.95. The van der Waals surface area contributed by atoms with E-state index in [0.717, 1.165) is 0 Å². The largest absolute Gasteiger partial charge is 0.468 e. The monoisotopic (exact) mass is 312 g/mol. The molecule has 0 bridgehead atoms. The number of carbonyl (C=O) groups excluding carboxylic acids is 3. The number of rotatable bonds is 2. The molecule has 7 heteroatoms. The molecule has 0 N–H and O–H groups in total. The highest BCUT2D eigenvalue weighted by Gasteiger charge is 2.59. The van der Waals surface area contributed by atoms with Crippen molar-refractivity contribution in [1.82, 2.24) is 9.80 Å². The number of esters is 1. The van der Waals surface area contributed by atoms with E-state index >= 15 is 0 Å². The third kappa shape index (κ3) is 3.34. The van der Waals surface area contributed by atoms with Crippen molar-refractivity contribution in [3.8, 4) is 0 Å². The van der Waals surface area contributed by atoms with Gasteiger partial charge in [-0.25, -0.2) is 4.79 Å². The van der Waals surface area contributed by atoms with Gasteiger partial charge in [0.05, 0.1) is 7.11 Å². The Morgan fingerprint density at radius 1 is 0.955 bits per heavy atom. The fourth-order valence-corrected chi connectivity index (χ4v) is 2.55. The lowest BCUT2D eigenvalue weighted by atomic mass is 10.1. The van der Waals surface area contributed by atoms with Crippen LogP contribution in [-0.4, -0.2) is 66.7 Å². The van der Waals surface area contributed by atoms with Crippen molar-refractivity contribution in [2.45, 2.75) is 39.2 Å². The highest BCUT2D eigenvalue weighted by Crippen LogP contribution is 2.48. The molecule has 1 saturated carbocycles. The first-order chi connectivity index (χ1) is 10.2. The quantitative estimate of drug-likeness (QED) is 0.562. The summed E-state index contributed by atoms with van der Waals surface area (Å²) in [6.07, 6.45) is 0.726. The van der Waals surface area contributed by atoms with Crippen molar-refractivity contribution in [2.75, 3.05) is 33.3 Å². The lowest BCUT2D eigenvalue weighted by Crippen LogP contribution is -2.54. The summed E-state index contributed by atoms with van der Waals surface area (Å²) in [4.78, 5) is 39.4. The second kappa shape index (κ2) is 5.78. The van der Waals surface area contributed by atoms with E-state index in [9.17, 15) is 14.4 Å². The van der Waals surface area contributed by atoms with Crippen LogP contribution < -0.4 is 0 Å². The molecule has 1 aliphatic carbocycles. The Bertz CT molecular complexity index is 471. The van der Waals surface area contributed by atoms with E-state index < -0.39 is 17.0 Å². The molecule has 124 valence electrons. The number of methoxy groups -OCH3 is 1. The highest BCUT2D eigenvalue weighted by atomic mass is 16.6. The summed E-state index contributed by atoms with van der Waals surface area (Å²) in [5, 5.41) is 0. The van der Waals surface area contributed by atoms with Crippen LogP contribution in [-0.2, 0) is 19.1 Å². The van der Waals surface area contributed by atoms with Gasteiger partial charge < -0.3 is 19.3 Å². The van der Waals surface area contributed by atoms with Gasteiger partial charge in [0, 0.05) is 26.2 Å². The van der Waals surface area contributed by atoms with E-state index in [2.05, 4.69) is 0 Å². The SMILES string of the molecule is COC(=O)C1(C(=O)N2CCN(C(=O)OC(C)(C)C)CC2)CC1. The molecule has 1 heterocycles. The first-order valence-corrected chi connectivity index (χ1v) is 7.55. The molecule has 22 heavy (non-hydrogen) atoms. The van der Waals surface area contributed by atoms with E-state index in [1.54, 1.807) is 9.80 Å². The minimum Gasteiger partial charge on any atom is -0.468 e. The van der Waals surface area contributed by atoms with Gasteiger partial charge in [0.2, 0.25) is 5.91 Å². The standard InChI is InChI=1S/C15H24N2O5/c1-14(2,3)22-13(20)17-9-7-16(8-10-17)11(18)15(5-6-15)12(19)21-4/h5-10H2,1-4H3. The molecule has 2 aliphatic rings. The van der Waals surface area contributed by atoms with Crippen LogP contribution >= 0.6 is 0 Å². The molecular weight excluding hydrogens is 288 g/mol. The zero-order valence-corrected chi connectivity index (χ0v) is 13.7. The summed E-state index contributed by atoms with van der Waals surface area (Å²) >= 11 is 0. The number of hydrogen-bond acceptors (Lipinski definition) is 5. The normalized spacial score (nSPS) is 20.4. The van der Waals surface area contributed by atoms with Gasteiger partial charge in [0.25, 0.3) is 0 Å². The van der Waals surface area contributed by atoms with Gasteiger partial charge in [0.15, 0.2) is 0 Å². The Morgan fingerprint density at radius 3 is 1.86 bits per heavy atom. The van der Waals surface area contributed by atoms with Gasteiger partial charge in [-0.1, -0.05) is 0 Å². The summed E-state index contributed by atoms with van der Waals surface area (Å²) in [7, 11) is 1.30. The van der Waals surface area contributed by atoms with Gasteiger partial charge in [-0.3, -0.25) is 9.59 Å². The number of carbonyl (C=O) groups is 3. The molecule has 1 saturated heterocycles. The van der Waals surface area contributed by atoms with Gasteiger partial charge >= 0.3 is 12.1 Å². The maximum atomic E-state index is 12.5. The zero-order chi connectivity index (χ0) is 16.5. The van der Waals surface area contributed by atoms with Crippen molar-refractivity contribution in [3.05, 3.63) is 0 Å². The zero-order valence-electron chi connectivity index (χ0n) is 13.7. The van der Waals surface area contributed by atoms with Gasteiger partial charge in [-0.2, -0.15) is 0 Å². The predicted molar refractivity (Wildman–Crippen MR) is 78.1 cm³/mol. The number of nitrogens with zero attached hydrogens (tertiary/aromatic N) is 2. The van der Waals surface area contributed by atoms with E-state index in [-0.39, 0.29) is 12.0 Å². The first kappa shape index (κ1) is 16.6. The minimum absolute atomic E-state index is 0.178. The summed E-state index contributed by atoms with van der Waals surface area (Å²) < 4.78 is 10.1. The van der Waals surface area contributed by atoms with Crippen LogP contribution in [0.3, 0.4) is 0 Å². The Hall–Kier alpha value is -1.79. The van der Waals surface area contributed by atoms with Crippen molar-refractivity contribution in [3.63, 3.8) is 0 Å². The average molecular weight is 312 g/mol. The Morgan fingerprint density at radius 2 is 1.45 bits per heavy atom. The second-order valence-corrected chi connectivity index (χ2v) is 6.83. The fourth-order valence-electron chi connectivity index (χ4n) is 2.55. The Labute approximate surface area is 130 Å². The van der Waals surface area contributed by atoms with Crippen molar-refractivity contribution in [1.29, 1.82) is 0 Å². The maximum Gasteiger partial charge on any atom is 0.410 e. The fraction of sp³-hybridized carbons (Fsp3) is 0.800. The van der Waals surface area contributed by atoms with E-state index in [0.29, 0.717) is 39.0 Å². The number of ether oxygens (including phenoxy) is 2. The molecule has 0 radical (unpaired) electrons. The van der Waals surface area contributed by atoms with Crippen LogP contribution in [0.15, 0.2) is 0 Å². The summed E-state index contributed by atoms with van der Waals surface area (Å²) in [6.45, 7) is 7.11. The number of amides is 2. The number of piperazine rings is 1. The molecule has 0 spiro atoms. The summed E-state index contributed by atoms with van der Waals surface area (Å²) in [5.41, 5.74) is -1.50. The second-order valence-electron chi connectivity index (χ2n) is 6.83. The van der Waals surface area contributed by atoms with E-state index in [1.165, 1.54) is 7.11 Å². The molecule has 0 aromatic rings. The van der Waals surface area contributed by atoms with Gasteiger partial charge in [-0.15, -0.1) is 0 Å². The third-order valence-corrected chi connectivity index (χ3v) is 3.95. The summed E-state index contributed by atoms with van der Waals surface area (Å²) in [5.74, 6) is -0.629. The molecule has 7 nitrogen and oxygen atoms in total. The van der Waals surface area contributed by atoms with Gasteiger partial charge in [-0.05, 0) is 33.6 Å². The maximum absolute atomic E-state index is 12.5. The molecular formula is C15H24N2O5. The molecule has 1 aliphatic heterocycles. The van der Waals surface area contributed by atoms with Crippen molar-refractivity contribution < 1.29 is 23.9 Å². The smallest absolute Gasteiger partial charge is 0.410 e. The van der Waals surface area contributed by atoms with Crippen LogP contribution in [0.2, 0.25) is 0 Å². The van der Waals surface area contributed by atoms with E-state index in [4.69, 9.17) is 9.47 Å². The molecule has 2 rings (SSSR count). The first-order valence-electron chi connectivity index (χ1n) is 7.55. The summed E-state index contributed by atoms with van der Waals surface area (Å²) in [6, 6.07) is 0. The molecule has 2 amide bonds. The molecule has 0 aromatic carbocycles. The van der Waals surface area contributed by atoms with Gasteiger partial charge in [0.1, 0.15) is 11.0 Å². The van der Waals surface area contributed by atoms with Crippen LogP contribution in [0.1, 0.15) is 33.6 Å². The molecule has 0 unspecified atom stereocenters. The van der Waals surface area contributed by atoms with Crippen LogP contribution in [0.25, 0.3) is 0 Å². The average Bonchev–Trinajstić information content (AvgIpc) is 3.25. The minimum atomic E-state index is -0.969. The van der Waals surface area contributed by atoms with Crippen molar-refractivity contribution >= 4 is 18.0 Å². The highest BCUT2D eigenvalue weighted by molar-refractivity contribution is 6.05. The topological polar surface area (TPSA) is 76.2 Å². The molecule has 0 aromatic heterocycles. The number of hydrogen-bond donors (Lipinski definition) is 0. The van der Waals surface area contributed by atoms with Crippen molar-refractivity contribution in [2.24, 2.45) is 5.41 Å². The lowest BCUT2D eigenvalue weighted by molar-refractivity contribution is -0.156. The molecule has 2 fully saturated rings. The van der Waals surface area contributed by atoms with Crippen LogP contribution in [0, 0.1) is 5.41 Å². The predicted octanol–water partition coefficient (Wildman–Crippen LogP) is 1.02. The van der Waals surface area contributed by atoms with Crippen LogP contribution in [0.4, 0.5) is 4.79 Å². The van der Waals surface area contributed by atoms with E-state index in [1.807, 2.05) is 20.8 Å². The van der Waals surface area contributed by atoms with Crippen LogP contribution in [0.5, 0.6) is 0 Å². The Kier molecular flexibility index (Phi) is 4.35.